The number of methoxy groups -OCH3 is 1. The van der Waals surface area contributed by atoms with Crippen LogP contribution in [0.5, 0.6) is 0 Å². The number of carbonyl (C=O) groups excluding carboxylic acids is 3. The van der Waals surface area contributed by atoms with Crippen molar-refractivity contribution in [1.82, 2.24) is 5.32 Å². The number of rotatable bonds is 8. The van der Waals surface area contributed by atoms with Gasteiger partial charge in [-0.05, 0) is 104 Å². The van der Waals surface area contributed by atoms with Gasteiger partial charge < -0.3 is 10.1 Å². The molecule has 208 valence electrons. The molecule has 4 aliphatic carbocycles. The van der Waals surface area contributed by atoms with Crippen LogP contribution in [0.15, 0.2) is 30.3 Å². The maximum Gasteiger partial charge on any atom is 0.328 e. The van der Waals surface area contributed by atoms with Gasteiger partial charge in [0.25, 0.3) is 0 Å². The van der Waals surface area contributed by atoms with Crippen LogP contribution in [-0.2, 0) is 25.5 Å². The number of nitrogens with one attached hydrogen (secondary N) is 1. The number of amides is 1. The van der Waals surface area contributed by atoms with Crippen molar-refractivity contribution in [2.75, 3.05) is 7.11 Å². The molecular formula is C33H47NO4. The van der Waals surface area contributed by atoms with Crippen molar-refractivity contribution in [1.29, 1.82) is 0 Å². The van der Waals surface area contributed by atoms with E-state index in [-0.39, 0.29) is 5.91 Å². The highest BCUT2D eigenvalue weighted by Gasteiger charge is 2.59. The molecule has 8 unspecified atom stereocenters. The van der Waals surface area contributed by atoms with Gasteiger partial charge in [0.05, 0.1) is 7.11 Å². The van der Waals surface area contributed by atoms with Crippen molar-refractivity contribution < 1.29 is 19.1 Å². The number of Topliss-reactive ketones (excluding diaryl/α,β-unsaturated/α-hetero) is 1. The number of fused-ring (bicyclic) bond motifs is 5. The molecule has 0 bridgehead atoms. The fourth-order valence-corrected chi connectivity index (χ4v) is 9.59. The van der Waals surface area contributed by atoms with Gasteiger partial charge >= 0.3 is 5.97 Å². The molecule has 5 rings (SSSR count). The first-order valence-corrected chi connectivity index (χ1v) is 15.2. The van der Waals surface area contributed by atoms with Gasteiger partial charge in [-0.25, -0.2) is 4.79 Å². The summed E-state index contributed by atoms with van der Waals surface area (Å²) in [5, 5.41) is 2.94. The Hall–Kier alpha value is -2.17. The third-order valence-electron chi connectivity index (χ3n) is 11.7. The lowest BCUT2D eigenvalue weighted by Crippen LogP contribution is -2.53. The van der Waals surface area contributed by atoms with Crippen LogP contribution in [0, 0.1) is 40.4 Å². The second kappa shape index (κ2) is 11.1. The number of hydrogen-bond donors (Lipinski definition) is 1. The van der Waals surface area contributed by atoms with E-state index in [0.717, 1.165) is 55.4 Å². The molecule has 0 aliphatic heterocycles. The monoisotopic (exact) mass is 521 g/mol. The van der Waals surface area contributed by atoms with Crippen LogP contribution in [0.4, 0.5) is 0 Å². The molecule has 1 aromatic carbocycles. The molecule has 0 heterocycles. The van der Waals surface area contributed by atoms with Gasteiger partial charge in [-0.15, -0.1) is 0 Å². The summed E-state index contributed by atoms with van der Waals surface area (Å²) in [4.78, 5) is 37.3. The van der Waals surface area contributed by atoms with E-state index in [9.17, 15) is 14.4 Å². The van der Waals surface area contributed by atoms with Crippen molar-refractivity contribution in [3.63, 3.8) is 0 Å². The summed E-state index contributed by atoms with van der Waals surface area (Å²) in [6.07, 6.45) is 13.4. The number of ether oxygens (including phenoxy) is 1. The lowest BCUT2D eigenvalue weighted by molar-refractivity contribution is -0.145. The van der Waals surface area contributed by atoms with Gasteiger partial charge in [0.1, 0.15) is 11.8 Å². The van der Waals surface area contributed by atoms with E-state index in [1.165, 1.54) is 45.6 Å². The molecule has 5 nitrogen and oxygen atoms in total. The van der Waals surface area contributed by atoms with Crippen molar-refractivity contribution in [3.8, 4) is 0 Å². The summed E-state index contributed by atoms with van der Waals surface area (Å²) in [6, 6.07) is 9.11. The van der Waals surface area contributed by atoms with Crippen LogP contribution in [0.1, 0.15) is 96.5 Å². The molecule has 1 amide bonds. The Morgan fingerprint density at radius 2 is 1.76 bits per heavy atom. The summed E-state index contributed by atoms with van der Waals surface area (Å²) in [5.41, 5.74) is 1.75. The maximum absolute atomic E-state index is 12.8. The standard InChI is InChI=1S/C33H47NO4/c1-32-19-17-28-26(14-12-24-21-25(35)16-18-33(24,28)2)27(32)15-13-23(32)10-7-11-30(36)34-29(31(37)38-3)20-22-8-5-4-6-9-22/h4-6,8-9,23-24,26-29H,7,10-21H2,1-3H3,(H,34,36). The highest BCUT2D eigenvalue weighted by molar-refractivity contribution is 5.84. The van der Waals surface area contributed by atoms with E-state index in [2.05, 4.69) is 19.2 Å². The Balaban J connectivity index is 1.15. The Morgan fingerprint density at radius 3 is 2.53 bits per heavy atom. The van der Waals surface area contributed by atoms with E-state index in [0.29, 0.717) is 41.3 Å². The van der Waals surface area contributed by atoms with Gasteiger partial charge in [-0.1, -0.05) is 44.2 Å². The van der Waals surface area contributed by atoms with Gasteiger partial charge in [-0.3, -0.25) is 9.59 Å². The van der Waals surface area contributed by atoms with Crippen LogP contribution in [0.3, 0.4) is 0 Å². The maximum atomic E-state index is 12.8. The molecule has 8 atom stereocenters. The summed E-state index contributed by atoms with van der Waals surface area (Å²) < 4.78 is 4.96. The van der Waals surface area contributed by atoms with Gasteiger partial charge in [-0.2, -0.15) is 0 Å². The van der Waals surface area contributed by atoms with Crippen molar-refractivity contribution in [2.45, 2.75) is 103 Å². The summed E-state index contributed by atoms with van der Waals surface area (Å²) >= 11 is 0. The van der Waals surface area contributed by atoms with Crippen LogP contribution in [0.25, 0.3) is 0 Å². The molecule has 0 spiro atoms. The molecule has 5 heteroatoms. The fraction of sp³-hybridized carbons (Fsp3) is 0.727. The quantitative estimate of drug-likeness (QED) is 0.408. The van der Waals surface area contributed by atoms with E-state index in [4.69, 9.17) is 4.74 Å². The average molecular weight is 522 g/mol. The number of ketones is 1. The normalized spacial score (nSPS) is 36.9. The summed E-state index contributed by atoms with van der Waals surface area (Å²) in [6.45, 7) is 5.08. The van der Waals surface area contributed by atoms with Crippen molar-refractivity contribution in [2.24, 2.45) is 40.4 Å². The van der Waals surface area contributed by atoms with E-state index >= 15 is 0 Å². The molecule has 1 N–H and O–H groups in total. The van der Waals surface area contributed by atoms with Crippen molar-refractivity contribution in [3.05, 3.63) is 35.9 Å². The number of hydrogen-bond acceptors (Lipinski definition) is 4. The summed E-state index contributed by atoms with van der Waals surface area (Å²) in [7, 11) is 1.37. The Morgan fingerprint density at radius 1 is 1.00 bits per heavy atom. The number of benzene rings is 1. The highest BCUT2D eigenvalue weighted by atomic mass is 16.5. The lowest BCUT2D eigenvalue weighted by Gasteiger charge is -2.60. The van der Waals surface area contributed by atoms with Crippen molar-refractivity contribution >= 4 is 17.7 Å². The molecule has 0 saturated heterocycles. The lowest BCUT2D eigenvalue weighted by atomic mass is 9.44. The number of carbonyl (C=O) groups is 3. The van der Waals surface area contributed by atoms with Gasteiger partial charge in [0, 0.05) is 25.7 Å². The molecule has 1 aromatic rings. The second-order valence-electron chi connectivity index (χ2n) is 13.4. The van der Waals surface area contributed by atoms with Crippen LogP contribution < -0.4 is 5.32 Å². The Kier molecular flexibility index (Phi) is 8.03. The fourth-order valence-electron chi connectivity index (χ4n) is 9.59. The topological polar surface area (TPSA) is 72.5 Å². The second-order valence-corrected chi connectivity index (χ2v) is 13.4. The average Bonchev–Trinajstić information content (AvgIpc) is 3.25. The molecule has 0 aromatic heterocycles. The largest absolute Gasteiger partial charge is 0.467 e. The smallest absolute Gasteiger partial charge is 0.328 e. The first-order valence-electron chi connectivity index (χ1n) is 15.2. The third kappa shape index (κ3) is 5.19. The molecule has 0 radical (unpaired) electrons. The van der Waals surface area contributed by atoms with Crippen LogP contribution in [0.2, 0.25) is 0 Å². The highest BCUT2D eigenvalue weighted by Crippen LogP contribution is 2.67. The van der Waals surface area contributed by atoms with Crippen LogP contribution in [-0.4, -0.2) is 30.8 Å². The first-order chi connectivity index (χ1) is 18.2. The van der Waals surface area contributed by atoms with E-state index in [1.807, 2.05) is 30.3 Å². The zero-order valence-electron chi connectivity index (χ0n) is 23.7. The zero-order chi connectivity index (χ0) is 26.9. The minimum absolute atomic E-state index is 0.0576. The molecule has 4 aliphatic rings. The van der Waals surface area contributed by atoms with E-state index in [1.54, 1.807) is 0 Å². The van der Waals surface area contributed by atoms with E-state index < -0.39 is 12.0 Å². The summed E-state index contributed by atoms with van der Waals surface area (Å²) in [5.74, 6) is 3.74. The molecule has 4 fully saturated rings. The SMILES string of the molecule is COC(=O)C(Cc1ccccc1)NC(=O)CCCC1CCC2C3CCC4CC(=O)CCC4(C)C3CCC12C. The van der Waals surface area contributed by atoms with Gasteiger partial charge in [0.15, 0.2) is 0 Å². The predicted molar refractivity (Wildman–Crippen MR) is 148 cm³/mol. The molecule has 38 heavy (non-hydrogen) atoms. The Labute approximate surface area is 228 Å². The molecular weight excluding hydrogens is 474 g/mol. The minimum Gasteiger partial charge on any atom is -0.467 e. The molecule has 4 saturated carbocycles. The first kappa shape index (κ1) is 27.4. The van der Waals surface area contributed by atoms with Gasteiger partial charge in [0.2, 0.25) is 5.91 Å². The third-order valence-corrected chi connectivity index (χ3v) is 11.7. The predicted octanol–water partition coefficient (Wildman–Crippen LogP) is 6.29. The van der Waals surface area contributed by atoms with Crippen LogP contribution >= 0.6 is 0 Å². The number of esters is 1. The Bertz CT molecular complexity index is 1020. The minimum atomic E-state index is -0.648. The zero-order valence-corrected chi connectivity index (χ0v) is 23.7.